The second-order valence-electron chi connectivity index (χ2n) is 8.54. The largest absolute Gasteiger partial charge is 0.494 e. The van der Waals surface area contributed by atoms with E-state index in [0.29, 0.717) is 28.8 Å². The van der Waals surface area contributed by atoms with E-state index in [2.05, 4.69) is 16.0 Å². The molecular weight excluding hydrogens is 456 g/mol. The predicted molar refractivity (Wildman–Crippen MR) is 131 cm³/mol. The highest BCUT2D eigenvalue weighted by molar-refractivity contribution is 6.30. The fourth-order valence-corrected chi connectivity index (χ4v) is 4.87. The second-order valence-corrected chi connectivity index (χ2v) is 8.98. The molecule has 3 N–H and O–H groups in total. The quantitative estimate of drug-likeness (QED) is 0.565. The molecule has 2 aliphatic rings. The molecule has 0 radical (unpaired) electrons. The van der Waals surface area contributed by atoms with Gasteiger partial charge in [0.15, 0.2) is 0 Å². The third kappa shape index (κ3) is 5.62. The van der Waals surface area contributed by atoms with Crippen molar-refractivity contribution in [2.45, 2.75) is 57.2 Å². The van der Waals surface area contributed by atoms with E-state index in [1.165, 1.54) is 0 Å². The summed E-state index contributed by atoms with van der Waals surface area (Å²) < 4.78 is 5.42. The predicted octanol–water partition coefficient (Wildman–Crippen LogP) is 4.41. The van der Waals surface area contributed by atoms with E-state index in [1.54, 1.807) is 53.4 Å². The van der Waals surface area contributed by atoms with Crippen LogP contribution in [0.2, 0.25) is 5.02 Å². The summed E-state index contributed by atoms with van der Waals surface area (Å²) in [6.45, 7) is 2.45. The van der Waals surface area contributed by atoms with Crippen LogP contribution in [0, 0.1) is 0 Å². The van der Waals surface area contributed by atoms with Crippen molar-refractivity contribution in [3.63, 3.8) is 0 Å². The topological polar surface area (TPSA) is 99.8 Å². The highest BCUT2D eigenvalue weighted by Crippen LogP contribution is 2.30. The van der Waals surface area contributed by atoms with E-state index in [-0.39, 0.29) is 30.3 Å². The third-order valence-electron chi connectivity index (χ3n) is 6.19. The van der Waals surface area contributed by atoms with Gasteiger partial charge in [-0.3, -0.25) is 9.59 Å². The van der Waals surface area contributed by atoms with Gasteiger partial charge in [0.25, 0.3) is 0 Å². The van der Waals surface area contributed by atoms with Crippen LogP contribution in [-0.2, 0) is 9.59 Å². The first-order valence-corrected chi connectivity index (χ1v) is 12.0. The lowest BCUT2D eigenvalue weighted by Crippen LogP contribution is -2.68. The molecule has 2 aromatic rings. The number of carbonyl (C=O) groups is 3. The zero-order valence-corrected chi connectivity index (χ0v) is 19.8. The minimum absolute atomic E-state index is 0.114. The van der Waals surface area contributed by atoms with Gasteiger partial charge >= 0.3 is 6.03 Å². The van der Waals surface area contributed by atoms with Crippen LogP contribution in [-0.4, -0.2) is 47.5 Å². The minimum atomic E-state index is -0.916. The van der Waals surface area contributed by atoms with Crippen LogP contribution in [0.4, 0.5) is 16.2 Å². The lowest BCUT2D eigenvalue weighted by atomic mass is 9.85. The van der Waals surface area contributed by atoms with Crippen LogP contribution >= 0.6 is 11.6 Å². The van der Waals surface area contributed by atoms with Gasteiger partial charge in [0.1, 0.15) is 11.8 Å². The number of nitrogens with one attached hydrogen (secondary N) is 3. The fourth-order valence-electron chi connectivity index (χ4n) is 4.68. The van der Waals surface area contributed by atoms with Crippen LogP contribution in [0.25, 0.3) is 0 Å². The van der Waals surface area contributed by atoms with Crippen molar-refractivity contribution in [1.82, 2.24) is 10.2 Å². The number of amides is 4. The molecule has 3 atom stereocenters. The number of rotatable bonds is 6. The SMILES string of the molecule is CCOc1ccc(NC(=O)C[C@@H]2C(=O)N[C@@H]3CCCC[C@@H]3N2C(=O)Nc2cccc(Cl)c2)cc1. The molecule has 0 bridgehead atoms. The zero-order valence-electron chi connectivity index (χ0n) is 19.1. The molecule has 180 valence electrons. The van der Waals surface area contributed by atoms with Crippen LogP contribution in [0.5, 0.6) is 5.75 Å². The van der Waals surface area contributed by atoms with Crippen LogP contribution in [0.3, 0.4) is 0 Å². The summed E-state index contributed by atoms with van der Waals surface area (Å²) in [6, 6.07) is 12.3. The van der Waals surface area contributed by atoms with Crippen molar-refractivity contribution in [3.8, 4) is 5.75 Å². The van der Waals surface area contributed by atoms with E-state index in [4.69, 9.17) is 16.3 Å². The molecule has 1 aliphatic heterocycles. The van der Waals surface area contributed by atoms with E-state index >= 15 is 0 Å². The summed E-state index contributed by atoms with van der Waals surface area (Å²) >= 11 is 6.06. The molecule has 1 aliphatic carbocycles. The van der Waals surface area contributed by atoms with Gasteiger partial charge in [-0.2, -0.15) is 0 Å². The van der Waals surface area contributed by atoms with Crippen molar-refractivity contribution in [3.05, 3.63) is 53.6 Å². The summed E-state index contributed by atoms with van der Waals surface area (Å²) in [5, 5.41) is 9.21. The Morgan fingerprint density at radius 2 is 1.85 bits per heavy atom. The number of fused-ring (bicyclic) bond motifs is 1. The molecule has 1 saturated heterocycles. The summed E-state index contributed by atoms with van der Waals surface area (Å²) in [7, 11) is 0. The molecule has 0 unspecified atom stereocenters. The molecule has 2 aromatic carbocycles. The summed E-state index contributed by atoms with van der Waals surface area (Å²) in [4.78, 5) is 40.8. The number of piperazine rings is 1. The number of ether oxygens (including phenoxy) is 1. The van der Waals surface area contributed by atoms with Gasteiger partial charge in [0.2, 0.25) is 11.8 Å². The van der Waals surface area contributed by atoms with Crippen molar-refractivity contribution in [2.75, 3.05) is 17.2 Å². The van der Waals surface area contributed by atoms with Crippen molar-refractivity contribution < 1.29 is 19.1 Å². The number of anilines is 2. The number of nitrogens with zero attached hydrogens (tertiary/aromatic N) is 1. The summed E-state index contributed by atoms with van der Waals surface area (Å²) in [5.74, 6) is 0.0460. The monoisotopic (exact) mass is 484 g/mol. The minimum Gasteiger partial charge on any atom is -0.494 e. The van der Waals surface area contributed by atoms with Crippen molar-refractivity contribution in [2.24, 2.45) is 0 Å². The van der Waals surface area contributed by atoms with Crippen LogP contribution < -0.4 is 20.7 Å². The smallest absolute Gasteiger partial charge is 0.322 e. The standard InChI is InChI=1S/C25H29ClN4O4/c1-2-34-19-12-10-17(11-13-19)27-23(31)15-22-24(32)29-20-8-3-4-9-21(20)30(22)25(33)28-18-7-5-6-16(26)14-18/h5-7,10-14,20-22H,2-4,8-9,15H2,1H3,(H,27,31)(H,28,33)(H,29,32)/t20-,21+,22-/m1/s1. The van der Waals surface area contributed by atoms with Gasteiger partial charge < -0.3 is 25.6 Å². The molecule has 0 spiro atoms. The molecule has 0 aromatic heterocycles. The second kappa shape index (κ2) is 10.8. The molecule has 8 nitrogen and oxygen atoms in total. The molecule has 1 saturated carbocycles. The van der Waals surface area contributed by atoms with Gasteiger partial charge in [-0.15, -0.1) is 0 Å². The first-order valence-electron chi connectivity index (χ1n) is 11.6. The summed E-state index contributed by atoms with van der Waals surface area (Å²) in [5.41, 5.74) is 1.13. The number of carbonyl (C=O) groups excluding carboxylic acids is 3. The van der Waals surface area contributed by atoms with E-state index < -0.39 is 12.1 Å². The Balaban J connectivity index is 1.51. The van der Waals surface area contributed by atoms with Crippen LogP contribution in [0.1, 0.15) is 39.0 Å². The Kier molecular flexibility index (Phi) is 7.57. The molecule has 2 fully saturated rings. The Labute approximate surface area is 204 Å². The van der Waals surface area contributed by atoms with Gasteiger partial charge in [0.05, 0.1) is 19.1 Å². The Hall–Kier alpha value is -3.26. The maximum Gasteiger partial charge on any atom is 0.322 e. The molecule has 9 heteroatoms. The Morgan fingerprint density at radius 3 is 2.59 bits per heavy atom. The molecule has 34 heavy (non-hydrogen) atoms. The van der Waals surface area contributed by atoms with Crippen molar-refractivity contribution >= 4 is 40.8 Å². The first-order chi connectivity index (χ1) is 16.4. The maximum absolute atomic E-state index is 13.4. The van der Waals surface area contributed by atoms with Crippen LogP contribution in [0.15, 0.2) is 48.5 Å². The number of hydrogen-bond acceptors (Lipinski definition) is 4. The highest BCUT2D eigenvalue weighted by atomic mass is 35.5. The number of halogens is 1. The average molecular weight is 485 g/mol. The van der Waals surface area contributed by atoms with E-state index in [9.17, 15) is 14.4 Å². The number of benzene rings is 2. The molecular formula is C25H29ClN4O4. The maximum atomic E-state index is 13.4. The van der Waals surface area contributed by atoms with Gasteiger partial charge in [-0.05, 0) is 62.2 Å². The average Bonchev–Trinajstić information content (AvgIpc) is 2.81. The molecule has 1 heterocycles. The number of urea groups is 1. The number of hydrogen-bond donors (Lipinski definition) is 3. The van der Waals surface area contributed by atoms with E-state index in [1.807, 2.05) is 6.92 Å². The molecule has 4 amide bonds. The summed E-state index contributed by atoms with van der Waals surface area (Å²) in [6.07, 6.45) is 3.38. The Bertz CT molecular complexity index is 1050. The zero-order chi connectivity index (χ0) is 24.1. The Morgan fingerprint density at radius 1 is 1.09 bits per heavy atom. The normalized spacial score (nSPS) is 21.8. The first kappa shape index (κ1) is 23.9. The van der Waals surface area contributed by atoms with E-state index in [0.717, 1.165) is 25.7 Å². The van der Waals surface area contributed by atoms with Gasteiger partial charge in [-0.1, -0.05) is 30.5 Å². The lowest BCUT2D eigenvalue weighted by molar-refractivity contribution is -0.135. The van der Waals surface area contributed by atoms with Gasteiger partial charge in [-0.25, -0.2) is 4.79 Å². The fraction of sp³-hybridized carbons (Fsp3) is 0.400. The highest BCUT2D eigenvalue weighted by Gasteiger charge is 2.46. The molecule has 4 rings (SSSR count). The van der Waals surface area contributed by atoms with Crippen molar-refractivity contribution in [1.29, 1.82) is 0 Å². The van der Waals surface area contributed by atoms with Gasteiger partial charge in [0, 0.05) is 22.4 Å². The third-order valence-corrected chi connectivity index (χ3v) is 6.43. The lowest BCUT2D eigenvalue weighted by Gasteiger charge is -2.47.